The van der Waals surface area contributed by atoms with E-state index in [-0.39, 0.29) is 0 Å². The summed E-state index contributed by atoms with van der Waals surface area (Å²) >= 11 is 7.39. The Morgan fingerprint density at radius 3 is 2.43 bits per heavy atom. The minimum atomic E-state index is 0.579. The number of rotatable bonds is 6. The van der Waals surface area contributed by atoms with Crippen LogP contribution in [-0.2, 0) is 4.74 Å². The first-order valence-electron chi connectivity index (χ1n) is 4.40. The van der Waals surface area contributed by atoms with Gasteiger partial charge in [-0.1, -0.05) is 15.9 Å². The van der Waals surface area contributed by atoms with Crippen molar-refractivity contribution in [2.45, 2.75) is 0 Å². The van der Waals surface area contributed by atoms with E-state index in [1.165, 1.54) is 0 Å². The van der Waals surface area contributed by atoms with E-state index in [2.05, 4.69) is 28.6 Å². The second kappa shape index (κ2) is 7.15. The summed E-state index contributed by atoms with van der Waals surface area (Å²) in [6, 6.07) is 7.74. The Balaban J connectivity index is 2.15. The molecule has 0 spiro atoms. The molecule has 78 valence electrons. The van der Waals surface area contributed by atoms with Crippen LogP contribution in [-0.4, -0.2) is 25.6 Å². The smallest absolute Gasteiger partial charge is 0.119 e. The lowest BCUT2D eigenvalue weighted by molar-refractivity contribution is 0.112. The lowest BCUT2D eigenvalue weighted by Crippen LogP contribution is -2.07. The number of hydrogen-bond donors (Lipinski definition) is 1. The highest BCUT2D eigenvalue weighted by Crippen LogP contribution is 2.15. The summed E-state index contributed by atoms with van der Waals surface area (Å²) in [7, 11) is 0. The van der Waals surface area contributed by atoms with Crippen molar-refractivity contribution >= 4 is 28.6 Å². The molecule has 0 amide bonds. The van der Waals surface area contributed by atoms with Gasteiger partial charge in [0.15, 0.2) is 0 Å². The van der Waals surface area contributed by atoms with Crippen LogP contribution in [0.2, 0.25) is 0 Å². The third-order valence-electron chi connectivity index (χ3n) is 1.55. The first-order chi connectivity index (χ1) is 6.83. The molecule has 1 aromatic rings. The third-order valence-corrected chi connectivity index (χ3v) is 2.26. The van der Waals surface area contributed by atoms with Gasteiger partial charge in [0.05, 0.1) is 13.2 Å². The first kappa shape index (κ1) is 11.9. The maximum Gasteiger partial charge on any atom is 0.119 e. The zero-order valence-corrected chi connectivity index (χ0v) is 10.3. The van der Waals surface area contributed by atoms with Gasteiger partial charge in [-0.2, -0.15) is 12.6 Å². The molecule has 0 atom stereocenters. The number of ether oxygens (including phenoxy) is 2. The highest BCUT2D eigenvalue weighted by Gasteiger charge is 1.93. The molecular weight excluding hydrogens is 264 g/mol. The maximum atomic E-state index is 5.44. The van der Waals surface area contributed by atoms with Crippen molar-refractivity contribution in [1.82, 2.24) is 0 Å². The van der Waals surface area contributed by atoms with E-state index < -0.39 is 0 Å². The summed E-state index contributed by atoms with van der Waals surface area (Å²) < 4.78 is 11.7. The fourth-order valence-corrected chi connectivity index (χ4v) is 1.31. The van der Waals surface area contributed by atoms with Crippen LogP contribution in [0.1, 0.15) is 0 Å². The van der Waals surface area contributed by atoms with E-state index in [0.29, 0.717) is 19.8 Å². The van der Waals surface area contributed by atoms with Crippen LogP contribution in [0.3, 0.4) is 0 Å². The second-order valence-corrected chi connectivity index (χ2v) is 4.00. The highest BCUT2D eigenvalue weighted by atomic mass is 79.9. The van der Waals surface area contributed by atoms with Crippen molar-refractivity contribution in [2.75, 3.05) is 25.6 Å². The molecule has 0 fully saturated rings. The van der Waals surface area contributed by atoms with Gasteiger partial charge < -0.3 is 9.47 Å². The van der Waals surface area contributed by atoms with Crippen LogP contribution in [0.15, 0.2) is 28.7 Å². The van der Waals surface area contributed by atoms with Crippen molar-refractivity contribution in [3.63, 3.8) is 0 Å². The van der Waals surface area contributed by atoms with Crippen LogP contribution in [0.4, 0.5) is 0 Å². The largest absolute Gasteiger partial charge is 0.491 e. The van der Waals surface area contributed by atoms with Gasteiger partial charge >= 0.3 is 0 Å². The zero-order chi connectivity index (χ0) is 10.2. The normalized spacial score (nSPS) is 10.1. The highest BCUT2D eigenvalue weighted by molar-refractivity contribution is 9.10. The molecule has 0 aliphatic heterocycles. The maximum absolute atomic E-state index is 5.44. The molecule has 0 aromatic heterocycles. The Kier molecular flexibility index (Phi) is 6.07. The summed E-state index contributed by atoms with van der Waals surface area (Å²) in [5, 5.41) is 0. The number of benzene rings is 1. The minimum Gasteiger partial charge on any atom is -0.491 e. The van der Waals surface area contributed by atoms with Crippen LogP contribution in [0.5, 0.6) is 5.75 Å². The molecule has 1 rings (SSSR count). The SMILES string of the molecule is SCCOCCOc1ccc(Br)cc1. The van der Waals surface area contributed by atoms with Gasteiger partial charge in [-0.05, 0) is 24.3 Å². The van der Waals surface area contributed by atoms with Crippen LogP contribution >= 0.6 is 28.6 Å². The monoisotopic (exact) mass is 276 g/mol. The number of hydrogen-bond acceptors (Lipinski definition) is 3. The van der Waals surface area contributed by atoms with Crippen molar-refractivity contribution in [1.29, 1.82) is 0 Å². The van der Waals surface area contributed by atoms with Crippen LogP contribution in [0, 0.1) is 0 Å². The van der Waals surface area contributed by atoms with E-state index >= 15 is 0 Å². The molecular formula is C10H13BrO2S. The Labute approximate surface area is 98.1 Å². The quantitative estimate of drug-likeness (QED) is 0.636. The van der Waals surface area contributed by atoms with E-state index in [0.717, 1.165) is 16.0 Å². The molecule has 0 N–H and O–H groups in total. The standard InChI is InChI=1S/C10H13BrO2S/c11-9-1-3-10(4-2-9)13-6-5-12-7-8-14/h1-4,14H,5-8H2. The summed E-state index contributed by atoms with van der Waals surface area (Å²) in [6.07, 6.45) is 0. The number of thiol groups is 1. The molecule has 2 nitrogen and oxygen atoms in total. The topological polar surface area (TPSA) is 18.5 Å². The Morgan fingerprint density at radius 1 is 1.07 bits per heavy atom. The van der Waals surface area contributed by atoms with Crippen LogP contribution in [0.25, 0.3) is 0 Å². The fraction of sp³-hybridized carbons (Fsp3) is 0.400. The van der Waals surface area contributed by atoms with E-state index in [9.17, 15) is 0 Å². The Bertz CT molecular complexity index is 251. The van der Waals surface area contributed by atoms with Gasteiger partial charge in [0, 0.05) is 10.2 Å². The van der Waals surface area contributed by atoms with Gasteiger partial charge in [-0.3, -0.25) is 0 Å². The van der Waals surface area contributed by atoms with Crippen molar-refractivity contribution in [3.8, 4) is 5.75 Å². The van der Waals surface area contributed by atoms with Crippen molar-refractivity contribution in [3.05, 3.63) is 28.7 Å². The van der Waals surface area contributed by atoms with Gasteiger partial charge in [0.2, 0.25) is 0 Å². The molecule has 1 aromatic carbocycles. The molecule has 0 bridgehead atoms. The predicted octanol–water partition coefficient (Wildman–Crippen LogP) is 2.77. The fourth-order valence-electron chi connectivity index (χ4n) is 0.916. The minimum absolute atomic E-state index is 0.579. The summed E-state index contributed by atoms with van der Waals surface area (Å²) in [4.78, 5) is 0. The molecule has 0 unspecified atom stereocenters. The van der Waals surface area contributed by atoms with E-state index in [4.69, 9.17) is 9.47 Å². The van der Waals surface area contributed by atoms with Crippen molar-refractivity contribution < 1.29 is 9.47 Å². The van der Waals surface area contributed by atoms with E-state index in [1.54, 1.807) is 0 Å². The summed E-state index contributed by atoms with van der Waals surface area (Å²) in [6.45, 7) is 1.86. The summed E-state index contributed by atoms with van der Waals surface area (Å²) in [5.41, 5.74) is 0. The first-order valence-corrected chi connectivity index (χ1v) is 5.82. The molecule has 0 saturated heterocycles. The van der Waals surface area contributed by atoms with E-state index in [1.807, 2.05) is 24.3 Å². The average Bonchev–Trinajstić information content (AvgIpc) is 2.21. The van der Waals surface area contributed by atoms with Gasteiger partial charge in [0.25, 0.3) is 0 Å². The summed E-state index contributed by atoms with van der Waals surface area (Å²) in [5.74, 6) is 1.61. The third kappa shape index (κ3) is 4.88. The molecule has 14 heavy (non-hydrogen) atoms. The predicted molar refractivity (Wildman–Crippen MR) is 64.3 cm³/mol. The molecule has 0 aliphatic carbocycles. The molecule has 0 aliphatic rings. The lowest BCUT2D eigenvalue weighted by atomic mass is 10.3. The molecule has 0 saturated carbocycles. The van der Waals surface area contributed by atoms with Gasteiger partial charge in [-0.15, -0.1) is 0 Å². The van der Waals surface area contributed by atoms with Gasteiger partial charge in [0.1, 0.15) is 12.4 Å². The van der Waals surface area contributed by atoms with Gasteiger partial charge in [-0.25, -0.2) is 0 Å². The number of halogens is 1. The molecule has 0 heterocycles. The second-order valence-electron chi connectivity index (χ2n) is 2.64. The van der Waals surface area contributed by atoms with Crippen LogP contribution < -0.4 is 4.74 Å². The average molecular weight is 277 g/mol. The molecule has 0 radical (unpaired) electrons. The van der Waals surface area contributed by atoms with Crippen molar-refractivity contribution in [2.24, 2.45) is 0 Å². The Hall–Kier alpha value is -0.190. The lowest BCUT2D eigenvalue weighted by Gasteiger charge is -2.06. The zero-order valence-electron chi connectivity index (χ0n) is 7.78. The molecule has 4 heteroatoms. The Morgan fingerprint density at radius 2 is 1.79 bits per heavy atom.